The number of nitrogens with one attached hydrogen (secondary N) is 1. The molecule has 186 valence electrons. The summed E-state index contributed by atoms with van der Waals surface area (Å²) in [4.78, 5) is 37.4. The quantitative estimate of drug-likeness (QED) is 0.572. The number of carbonyl (C=O) groups excluding carboxylic acids is 2. The molecule has 4 rings (SSSR count). The van der Waals surface area contributed by atoms with Crippen molar-refractivity contribution < 1.29 is 19.4 Å². The highest BCUT2D eigenvalue weighted by Gasteiger charge is 2.26. The first-order chi connectivity index (χ1) is 17.1. The largest absolute Gasteiger partial charge is 0.505 e. The van der Waals surface area contributed by atoms with Crippen LogP contribution in [0.1, 0.15) is 42.4 Å². The number of fused-ring (bicyclic) bond motifs is 1. The number of hydrogen-bond donors (Lipinski definition) is 2. The summed E-state index contributed by atoms with van der Waals surface area (Å²) >= 11 is 0. The third-order valence-electron chi connectivity index (χ3n) is 5.71. The Morgan fingerprint density at radius 2 is 1.81 bits per heavy atom. The van der Waals surface area contributed by atoms with Crippen molar-refractivity contribution in [3.8, 4) is 11.8 Å². The fourth-order valence-electron chi connectivity index (χ4n) is 3.83. The molecule has 1 fully saturated rings. The number of hydrogen-bond acceptors (Lipinski definition) is 8. The molecule has 10 heteroatoms. The molecule has 1 aliphatic rings. The van der Waals surface area contributed by atoms with Crippen molar-refractivity contribution in [1.29, 1.82) is 5.26 Å². The van der Waals surface area contributed by atoms with Gasteiger partial charge in [-0.25, -0.2) is 14.8 Å². The molecule has 36 heavy (non-hydrogen) atoms. The Balaban J connectivity index is 1.41. The maximum Gasteiger partial charge on any atom is 0.410 e. The van der Waals surface area contributed by atoms with E-state index in [1.165, 1.54) is 6.20 Å². The van der Waals surface area contributed by atoms with Crippen molar-refractivity contribution in [1.82, 2.24) is 20.2 Å². The SMILES string of the molecule is CC(C)(C)OC(=O)N1CCN(c2ccc3c(O)c(C(=O)NCc4ccc(C#N)cc4)ncc3n2)CC1. The summed E-state index contributed by atoms with van der Waals surface area (Å²) in [6.07, 6.45) is 1.14. The number of ether oxygens (including phenoxy) is 1. The van der Waals surface area contributed by atoms with Crippen molar-refractivity contribution >= 4 is 28.7 Å². The molecule has 0 unspecified atom stereocenters. The van der Waals surface area contributed by atoms with E-state index in [-0.39, 0.29) is 24.1 Å². The van der Waals surface area contributed by atoms with Crippen LogP contribution in [0.15, 0.2) is 42.6 Å². The van der Waals surface area contributed by atoms with Crippen LogP contribution >= 0.6 is 0 Å². The van der Waals surface area contributed by atoms with Gasteiger partial charge >= 0.3 is 6.09 Å². The lowest BCUT2D eigenvalue weighted by Crippen LogP contribution is -2.50. The van der Waals surface area contributed by atoms with Gasteiger partial charge < -0.3 is 25.0 Å². The number of piperazine rings is 1. The van der Waals surface area contributed by atoms with E-state index < -0.39 is 11.5 Å². The van der Waals surface area contributed by atoms with E-state index in [1.807, 2.05) is 26.8 Å². The molecule has 2 amide bonds. The average molecular weight is 489 g/mol. The number of rotatable bonds is 4. The highest BCUT2D eigenvalue weighted by molar-refractivity contribution is 6.00. The van der Waals surface area contributed by atoms with Gasteiger partial charge in [-0.3, -0.25) is 4.79 Å². The lowest BCUT2D eigenvalue weighted by atomic mass is 10.1. The lowest BCUT2D eigenvalue weighted by molar-refractivity contribution is 0.0240. The molecule has 1 saturated heterocycles. The second-order valence-electron chi connectivity index (χ2n) is 9.50. The summed E-state index contributed by atoms with van der Waals surface area (Å²) in [5.41, 5.74) is 1.19. The molecular formula is C26H28N6O4. The van der Waals surface area contributed by atoms with Crippen LogP contribution in [0.3, 0.4) is 0 Å². The molecule has 0 spiro atoms. The van der Waals surface area contributed by atoms with E-state index in [0.29, 0.717) is 48.5 Å². The highest BCUT2D eigenvalue weighted by Crippen LogP contribution is 2.28. The monoisotopic (exact) mass is 488 g/mol. The molecular weight excluding hydrogens is 460 g/mol. The number of anilines is 1. The Morgan fingerprint density at radius 3 is 2.44 bits per heavy atom. The third kappa shape index (κ3) is 5.63. The van der Waals surface area contributed by atoms with E-state index in [4.69, 9.17) is 10.00 Å². The van der Waals surface area contributed by atoms with Gasteiger partial charge in [0.15, 0.2) is 11.4 Å². The third-order valence-corrected chi connectivity index (χ3v) is 5.71. The Morgan fingerprint density at radius 1 is 1.11 bits per heavy atom. The Kier molecular flexibility index (Phi) is 6.92. The molecule has 0 saturated carbocycles. The van der Waals surface area contributed by atoms with Gasteiger partial charge in [0.25, 0.3) is 5.91 Å². The van der Waals surface area contributed by atoms with Crippen LogP contribution in [-0.2, 0) is 11.3 Å². The molecule has 0 atom stereocenters. The molecule has 1 aromatic carbocycles. The van der Waals surface area contributed by atoms with Gasteiger partial charge in [-0.15, -0.1) is 0 Å². The number of nitrogens with zero attached hydrogens (tertiary/aromatic N) is 5. The number of pyridine rings is 2. The first kappa shape index (κ1) is 24.7. The molecule has 0 aliphatic carbocycles. The summed E-state index contributed by atoms with van der Waals surface area (Å²) in [5, 5.41) is 22.7. The maximum absolute atomic E-state index is 12.6. The minimum atomic E-state index is -0.539. The Labute approximate surface area is 209 Å². The van der Waals surface area contributed by atoms with E-state index in [9.17, 15) is 14.7 Å². The zero-order chi connectivity index (χ0) is 25.9. The molecule has 3 aromatic rings. The van der Waals surface area contributed by atoms with Gasteiger partial charge in [0.05, 0.1) is 23.3 Å². The Bertz CT molecular complexity index is 1320. The van der Waals surface area contributed by atoms with Gasteiger partial charge in [0.1, 0.15) is 11.4 Å². The fourth-order valence-corrected chi connectivity index (χ4v) is 3.83. The van der Waals surface area contributed by atoms with Gasteiger partial charge in [0, 0.05) is 38.1 Å². The van der Waals surface area contributed by atoms with Crippen LogP contribution in [0, 0.1) is 11.3 Å². The van der Waals surface area contributed by atoms with Crippen LogP contribution in [0.25, 0.3) is 10.9 Å². The molecule has 0 radical (unpaired) electrons. The van der Waals surface area contributed by atoms with E-state index >= 15 is 0 Å². The first-order valence-corrected chi connectivity index (χ1v) is 11.6. The second-order valence-corrected chi connectivity index (χ2v) is 9.50. The summed E-state index contributed by atoms with van der Waals surface area (Å²) in [6.45, 7) is 7.96. The van der Waals surface area contributed by atoms with Crippen LogP contribution in [0.4, 0.5) is 10.6 Å². The van der Waals surface area contributed by atoms with Crippen molar-refractivity contribution in [2.45, 2.75) is 32.9 Å². The number of benzene rings is 1. The van der Waals surface area contributed by atoms with Gasteiger partial charge in [-0.05, 0) is 50.6 Å². The predicted octanol–water partition coefficient (Wildman–Crippen LogP) is 3.19. The zero-order valence-electron chi connectivity index (χ0n) is 20.5. The second kappa shape index (κ2) is 10.1. The first-order valence-electron chi connectivity index (χ1n) is 11.6. The number of amides is 2. The van der Waals surface area contributed by atoms with Crippen molar-refractivity contribution in [2.75, 3.05) is 31.1 Å². The van der Waals surface area contributed by atoms with E-state index in [0.717, 1.165) is 5.56 Å². The molecule has 0 bridgehead atoms. The molecule has 1 aliphatic heterocycles. The van der Waals surface area contributed by atoms with E-state index in [2.05, 4.69) is 20.2 Å². The average Bonchev–Trinajstić information content (AvgIpc) is 2.86. The minimum absolute atomic E-state index is 0.0864. The summed E-state index contributed by atoms with van der Waals surface area (Å²) in [6, 6.07) is 12.4. The maximum atomic E-state index is 12.6. The highest BCUT2D eigenvalue weighted by atomic mass is 16.6. The number of aromatic hydroxyl groups is 1. The smallest absolute Gasteiger partial charge is 0.410 e. The number of aromatic nitrogens is 2. The van der Waals surface area contributed by atoms with Crippen molar-refractivity contribution in [2.24, 2.45) is 0 Å². The van der Waals surface area contributed by atoms with Crippen LogP contribution in [0.2, 0.25) is 0 Å². The zero-order valence-corrected chi connectivity index (χ0v) is 20.5. The molecule has 10 nitrogen and oxygen atoms in total. The van der Waals surface area contributed by atoms with Gasteiger partial charge in [0.2, 0.25) is 0 Å². The summed E-state index contributed by atoms with van der Waals surface area (Å²) in [5.74, 6) is -0.0507. The molecule has 2 N–H and O–H groups in total. The van der Waals surface area contributed by atoms with E-state index in [1.54, 1.807) is 41.3 Å². The number of nitriles is 1. The molecule has 2 aromatic heterocycles. The topological polar surface area (TPSA) is 132 Å². The predicted molar refractivity (Wildman–Crippen MR) is 134 cm³/mol. The van der Waals surface area contributed by atoms with Gasteiger partial charge in [-0.2, -0.15) is 5.26 Å². The summed E-state index contributed by atoms with van der Waals surface area (Å²) in [7, 11) is 0. The lowest BCUT2D eigenvalue weighted by Gasteiger charge is -2.36. The number of carbonyl (C=O) groups is 2. The standard InChI is InChI=1S/C26H28N6O4/c1-26(2,3)36-25(35)32-12-10-31(11-13-32)21-9-8-19-20(30-21)16-28-22(23(19)33)24(34)29-15-18-6-4-17(14-27)5-7-18/h4-9,16,33H,10-13,15H2,1-3H3,(H,29,34). The normalized spacial score (nSPS) is 13.8. The minimum Gasteiger partial charge on any atom is -0.505 e. The van der Waals surface area contributed by atoms with Crippen molar-refractivity contribution in [3.63, 3.8) is 0 Å². The molecule has 3 heterocycles. The van der Waals surface area contributed by atoms with Crippen LogP contribution in [0.5, 0.6) is 5.75 Å². The van der Waals surface area contributed by atoms with Crippen LogP contribution in [-0.4, -0.2) is 63.8 Å². The summed E-state index contributed by atoms with van der Waals surface area (Å²) < 4.78 is 5.44. The Hall–Kier alpha value is -4.39. The van der Waals surface area contributed by atoms with Crippen LogP contribution < -0.4 is 10.2 Å². The fraction of sp³-hybridized carbons (Fsp3) is 0.346. The van der Waals surface area contributed by atoms with Gasteiger partial charge in [-0.1, -0.05) is 12.1 Å². The van der Waals surface area contributed by atoms with Crippen molar-refractivity contribution in [3.05, 3.63) is 59.4 Å².